The van der Waals surface area contributed by atoms with Crippen molar-refractivity contribution >= 4 is 5.69 Å². The van der Waals surface area contributed by atoms with Crippen LogP contribution in [0, 0.1) is 0 Å². The Morgan fingerprint density at radius 2 is 2.05 bits per heavy atom. The number of benzene rings is 1. The molecular formula is C15H19N5. The van der Waals surface area contributed by atoms with Crippen LogP contribution < -0.4 is 4.90 Å². The molecule has 0 radical (unpaired) electrons. The molecule has 1 aromatic carbocycles. The Bertz CT molecular complexity index is 643. The van der Waals surface area contributed by atoms with Gasteiger partial charge in [-0.15, -0.1) is 5.10 Å². The highest BCUT2D eigenvalue weighted by atomic mass is 15.5. The maximum Gasteiger partial charge on any atom is 0.173 e. The smallest absolute Gasteiger partial charge is 0.173 e. The summed E-state index contributed by atoms with van der Waals surface area (Å²) in [6.07, 6.45) is 3.97. The summed E-state index contributed by atoms with van der Waals surface area (Å²) in [6, 6.07) is 9.04. The van der Waals surface area contributed by atoms with Gasteiger partial charge >= 0.3 is 0 Å². The third-order valence-electron chi connectivity index (χ3n) is 5.06. The fourth-order valence-electron chi connectivity index (χ4n) is 3.78. The lowest BCUT2D eigenvalue weighted by molar-refractivity contribution is 0.259. The predicted octanol–water partition coefficient (Wildman–Crippen LogP) is 2.21. The molecule has 1 atom stereocenters. The number of aryl methyl sites for hydroxylation is 1. The summed E-state index contributed by atoms with van der Waals surface area (Å²) < 4.78 is 1.78. The molecule has 5 heteroatoms. The predicted molar refractivity (Wildman–Crippen MR) is 76.5 cm³/mol. The van der Waals surface area contributed by atoms with Crippen LogP contribution in [0.2, 0.25) is 0 Å². The second-order valence-corrected chi connectivity index (χ2v) is 6.12. The third kappa shape index (κ3) is 1.46. The van der Waals surface area contributed by atoms with Gasteiger partial charge in [0.05, 0.1) is 6.04 Å². The van der Waals surface area contributed by atoms with Crippen LogP contribution in [0.5, 0.6) is 0 Å². The molecule has 0 amide bonds. The van der Waals surface area contributed by atoms with Crippen LogP contribution in [-0.2, 0) is 12.5 Å². The SMILES string of the molecule is CC(c1nnnn1C)N1CC2(CCC2)c2ccccc21. The summed E-state index contributed by atoms with van der Waals surface area (Å²) in [6.45, 7) is 3.29. The molecule has 104 valence electrons. The summed E-state index contributed by atoms with van der Waals surface area (Å²) in [5, 5.41) is 11.9. The fraction of sp³-hybridized carbons (Fsp3) is 0.533. The zero-order valence-corrected chi connectivity index (χ0v) is 12.0. The Kier molecular flexibility index (Phi) is 2.40. The van der Waals surface area contributed by atoms with Crippen molar-refractivity contribution in [2.75, 3.05) is 11.4 Å². The van der Waals surface area contributed by atoms with Gasteiger partial charge in [-0.05, 0) is 41.8 Å². The number of tetrazole rings is 1. The van der Waals surface area contributed by atoms with E-state index in [1.54, 1.807) is 4.68 Å². The number of para-hydroxylation sites is 1. The molecular weight excluding hydrogens is 250 g/mol. The van der Waals surface area contributed by atoms with E-state index >= 15 is 0 Å². The average Bonchev–Trinajstić information content (AvgIpc) is 2.99. The molecule has 0 N–H and O–H groups in total. The number of hydrogen-bond donors (Lipinski definition) is 0. The first-order valence-corrected chi connectivity index (χ1v) is 7.30. The van der Waals surface area contributed by atoms with Gasteiger partial charge in [-0.25, -0.2) is 4.68 Å². The molecule has 0 bridgehead atoms. The molecule has 1 unspecified atom stereocenters. The number of nitrogens with zero attached hydrogens (tertiary/aromatic N) is 5. The van der Waals surface area contributed by atoms with Crippen molar-refractivity contribution in [3.05, 3.63) is 35.7 Å². The maximum atomic E-state index is 4.18. The summed E-state index contributed by atoms with van der Waals surface area (Å²) in [5.41, 5.74) is 3.27. The quantitative estimate of drug-likeness (QED) is 0.838. The highest BCUT2D eigenvalue weighted by Crippen LogP contribution is 2.54. The summed E-state index contributed by atoms with van der Waals surface area (Å²) >= 11 is 0. The van der Waals surface area contributed by atoms with Crippen molar-refractivity contribution < 1.29 is 0 Å². The maximum absolute atomic E-state index is 4.18. The largest absolute Gasteiger partial charge is 0.360 e. The van der Waals surface area contributed by atoms with Crippen LogP contribution in [0.15, 0.2) is 24.3 Å². The monoisotopic (exact) mass is 269 g/mol. The van der Waals surface area contributed by atoms with E-state index in [0.717, 1.165) is 12.4 Å². The zero-order chi connectivity index (χ0) is 13.7. The standard InChI is InChI=1S/C15H19N5/c1-11(14-16-17-18-19(14)2)20-10-15(8-5-9-15)12-6-3-4-7-13(12)20/h3-4,6-7,11H,5,8-10H2,1-2H3. The first-order valence-electron chi connectivity index (χ1n) is 7.30. The molecule has 1 aromatic heterocycles. The Labute approximate surface area is 118 Å². The highest BCUT2D eigenvalue weighted by molar-refractivity contribution is 5.64. The minimum Gasteiger partial charge on any atom is -0.360 e. The lowest BCUT2D eigenvalue weighted by atomic mass is 9.66. The lowest BCUT2D eigenvalue weighted by Gasteiger charge is -2.39. The van der Waals surface area contributed by atoms with Crippen LogP contribution in [0.3, 0.4) is 0 Å². The Hall–Kier alpha value is -1.91. The molecule has 5 nitrogen and oxygen atoms in total. The van der Waals surface area contributed by atoms with Gasteiger partial charge in [0.1, 0.15) is 0 Å². The summed E-state index contributed by atoms with van der Waals surface area (Å²) in [5.74, 6) is 0.927. The second-order valence-electron chi connectivity index (χ2n) is 6.12. The first kappa shape index (κ1) is 11.9. The van der Waals surface area contributed by atoms with Crippen molar-refractivity contribution in [3.63, 3.8) is 0 Å². The normalized spacial score (nSPS) is 20.8. The van der Waals surface area contributed by atoms with Gasteiger partial charge in [-0.2, -0.15) is 0 Å². The van der Waals surface area contributed by atoms with E-state index in [-0.39, 0.29) is 6.04 Å². The summed E-state index contributed by atoms with van der Waals surface area (Å²) in [7, 11) is 1.91. The van der Waals surface area contributed by atoms with Gasteiger partial charge < -0.3 is 4.90 Å². The number of fused-ring (bicyclic) bond motifs is 2. The first-order chi connectivity index (χ1) is 9.71. The van der Waals surface area contributed by atoms with E-state index in [1.165, 1.54) is 30.5 Å². The number of hydrogen-bond acceptors (Lipinski definition) is 4. The van der Waals surface area contributed by atoms with Crippen LogP contribution >= 0.6 is 0 Å². The average molecular weight is 269 g/mol. The van der Waals surface area contributed by atoms with Crippen molar-refractivity contribution in [2.45, 2.75) is 37.6 Å². The van der Waals surface area contributed by atoms with E-state index in [0.29, 0.717) is 5.41 Å². The van der Waals surface area contributed by atoms with E-state index in [1.807, 2.05) is 7.05 Å². The lowest BCUT2D eigenvalue weighted by Crippen LogP contribution is -2.40. The van der Waals surface area contributed by atoms with Crippen molar-refractivity contribution in [1.29, 1.82) is 0 Å². The van der Waals surface area contributed by atoms with Gasteiger partial charge in [0.2, 0.25) is 0 Å². The molecule has 1 spiro atoms. The third-order valence-corrected chi connectivity index (χ3v) is 5.06. The highest BCUT2D eigenvalue weighted by Gasteiger charge is 2.48. The minimum atomic E-state index is 0.205. The molecule has 1 fully saturated rings. The van der Waals surface area contributed by atoms with E-state index in [4.69, 9.17) is 0 Å². The van der Waals surface area contributed by atoms with Gasteiger partial charge in [0, 0.05) is 24.7 Å². The van der Waals surface area contributed by atoms with Gasteiger partial charge in [0.25, 0.3) is 0 Å². The Balaban J connectivity index is 1.75. The number of anilines is 1. The van der Waals surface area contributed by atoms with Gasteiger partial charge in [-0.1, -0.05) is 24.6 Å². The van der Waals surface area contributed by atoms with Gasteiger partial charge in [0.15, 0.2) is 5.82 Å². The number of aromatic nitrogens is 4. The Morgan fingerprint density at radius 3 is 2.70 bits per heavy atom. The topological polar surface area (TPSA) is 46.8 Å². The molecule has 2 aromatic rings. The molecule has 1 aliphatic heterocycles. The fourth-order valence-corrected chi connectivity index (χ4v) is 3.78. The Morgan fingerprint density at radius 1 is 1.25 bits per heavy atom. The van der Waals surface area contributed by atoms with Crippen LogP contribution in [0.4, 0.5) is 5.69 Å². The van der Waals surface area contributed by atoms with Crippen molar-refractivity contribution in [2.24, 2.45) is 7.05 Å². The minimum absolute atomic E-state index is 0.205. The van der Waals surface area contributed by atoms with E-state index in [9.17, 15) is 0 Å². The zero-order valence-electron chi connectivity index (χ0n) is 12.0. The molecule has 0 saturated heterocycles. The molecule has 1 aliphatic carbocycles. The summed E-state index contributed by atoms with van der Waals surface area (Å²) in [4.78, 5) is 2.47. The van der Waals surface area contributed by atoms with Crippen molar-refractivity contribution in [3.8, 4) is 0 Å². The van der Waals surface area contributed by atoms with E-state index in [2.05, 4.69) is 51.6 Å². The van der Waals surface area contributed by atoms with Crippen LogP contribution in [0.1, 0.15) is 43.6 Å². The molecule has 4 rings (SSSR count). The van der Waals surface area contributed by atoms with Crippen molar-refractivity contribution in [1.82, 2.24) is 20.2 Å². The molecule has 2 heterocycles. The van der Waals surface area contributed by atoms with E-state index < -0.39 is 0 Å². The number of rotatable bonds is 2. The molecule has 2 aliphatic rings. The van der Waals surface area contributed by atoms with Crippen LogP contribution in [-0.4, -0.2) is 26.8 Å². The molecule has 1 saturated carbocycles. The van der Waals surface area contributed by atoms with Gasteiger partial charge in [-0.3, -0.25) is 0 Å². The van der Waals surface area contributed by atoms with Crippen LogP contribution in [0.25, 0.3) is 0 Å². The second kappa shape index (κ2) is 4.04. The molecule has 20 heavy (non-hydrogen) atoms.